The van der Waals surface area contributed by atoms with E-state index in [-0.39, 0.29) is 13.2 Å². The van der Waals surface area contributed by atoms with E-state index in [9.17, 15) is 4.79 Å². The van der Waals surface area contributed by atoms with Crippen LogP contribution in [0, 0.1) is 0 Å². The lowest BCUT2D eigenvalue weighted by atomic mass is 9.83. The summed E-state index contributed by atoms with van der Waals surface area (Å²) in [5.74, 6) is 0.0561. The van der Waals surface area contributed by atoms with Crippen LogP contribution in [0.1, 0.15) is 77.5 Å². The molecule has 0 heterocycles. The van der Waals surface area contributed by atoms with Gasteiger partial charge >= 0.3 is 0 Å². The molecule has 0 amide bonds. The Labute approximate surface area is 373 Å². The maximum atomic E-state index is 12.4. The van der Waals surface area contributed by atoms with Crippen LogP contribution < -0.4 is 24.6 Å². The number of nitrogens with one attached hydrogen (secondary N) is 1. The van der Waals surface area contributed by atoms with Gasteiger partial charge in [0.15, 0.2) is 12.3 Å². The molecule has 6 aromatic rings. The molecular formula is C56H68N5O+. The maximum absolute atomic E-state index is 12.4. The lowest BCUT2D eigenvalue weighted by Crippen LogP contribution is -2.71. The van der Waals surface area contributed by atoms with Gasteiger partial charge in [-0.25, -0.2) is 4.99 Å². The highest BCUT2D eigenvalue weighted by Gasteiger charge is 2.23. The van der Waals surface area contributed by atoms with Gasteiger partial charge in [0.05, 0.1) is 5.56 Å². The van der Waals surface area contributed by atoms with Gasteiger partial charge in [-0.2, -0.15) is 0 Å². The van der Waals surface area contributed by atoms with Crippen LogP contribution in [0.15, 0.2) is 158 Å². The Morgan fingerprint density at radius 3 is 1.18 bits per heavy atom. The number of anilines is 4. The number of ketones is 1. The zero-order chi connectivity index (χ0) is 44.1. The van der Waals surface area contributed by atoms with Crippen molar-refractivity contribution in [3.63, 3.8) is 0 Å². The fourth-order valence-corrected chi connectivity index (χ4v) is 7.08. The second kappa shape index (κ2) is 22.8. The molecule has 1 aliphatic carbocycles. The number of hydrogen-bond acceptors (Lipinski definition) is 5. The molecule has 6 nitrogen and oxygen atoms in total. The number of allylic oxidation sites excluding steroid dienone is 3. The first kappa shape index (κ1) is 48.0. The molecule has 322 valence electrons. The highest BCUT2D eigenvalue weighted by molar-refractivity contribution is 6.17. The van der Waals surface area contributed by atoms with Crippen molar-refractivity contribution < 1.29 is 9.79 Å². The molecule has 6 heteroatoms. The van der Waals surface area contributed by atoms with Crippen molar-refractivity contribution in [1.82, 2.24) is 0 Å². The van der Waals surface area contributed by atoms with E-state index in [1.54, 1.807) is 0 Å². The highest BCUT2D eigenvalue weighted by atomic mass is 16.1. The zero-order valence-corrected chi connectivity index (χ0v) is 38.1. The van der Waals surface area contributed by atoms with E-state index in [1.165, 1.54) is 55.9 Å². The number of hydrogen-bond donors (Lipinski definition) is 1. The van der Waals surface area contributed by atoms with Crippen molar-refractivity contribution in [2.45, 2.75) is 41.2 Å². The molecular weight excluding hydrogens is 759 g/mol. The first-order valence-corrected chi connectivity index (χ1v) is 21.3. The average Bonchev–Trinajstić information content (AvgIpc) is 3.30. The van der Waals surface area contributed by atoms with E-state index in [0.29, 0.717) is 11.1 Å². The summed E-state index contributed by atoms with van der Waals surface area (Å²) >= 11 is 0. The molecule has 0 spiro atoms. The fraction of sp³-hybridized carbons (Fsp3) is 0.250. The number of fused-ring (bicyclic) bond motifs is 1. The van der Waals surface area contributed by atoms with Crippen molar-refractivity contribution in [3.8, 4) is 0 Å². The van der Waals surface area contributed by atoms with Gasteiger partial charge in [0.25, 0.3) is 0 Å². The third-order valence-corrected chi connectivity index (χ3v) is 10.7. The second-order valence-corrected chi connectivity index (χ2v) is 15.7. The van der Waals surface area contributed by atoms with Gasteiger partial charge in [0.1, 0.15) is 0 Å². The van der Waals surface area contributed by atoms with Crippen molar-refractivity contribution >= 4 is 45.4 Å². The van der Waals surface area contributed by atoms with Gasteiger partial charge in [0.2, 0.25) is 5.71 Å². The van der Waals surface area contributed by atoms with Gasteiger partial charge < -0.3 is 19.6 Å². The minimum Gasteiger partial charge on any atom is -0.378 e. The fourth-order valence-electron chi connectivity index (χ4n) is 7.08. The lowest BCUT2D eigenvalue weighted by molar-refractivity contribution is -0.473. The lowest BCUT2D eigenvalue weighted by Gasteiger charge is -2.21. The molecule has 0 fully saturated rings. The smallest absolute Gasteiger partial charge is 0.206 e. The number of carbonyl (C=O) groups is 1. The number of carbonyl (C=O) groups excluding carboxylic acids is 1. The minimum atomic E-state index is 0. The van der Waals surface area contributed by atoms with Crippen LogP contribution in [-0.4, -0.2) is 67.9 Å². The largest absolute Gasteiger partial charge is 0.378 e. The Morgan fingerprint density at radius 1 is 0.452 bits per heavy atom. The number of nitrogens with zero attached hydrogens (tertiary/aromatic N) is 4. The van der Waals surface area contributed by atoms with E-state index in [4.69, 9.17) is 0 Å². The van der Waals surface area contributed by atoms with Crippen molar-refractivity contribution in [2.75, 3.05) is 76.0 Å². The molecule has 0 radical (unpaired) electrons. The summed E-state index contributed by atoms with van der Waals surface area (Å²) in [6.45, 7) is 6.99. The average molecular weight is 827 g/mol. The van der Waals surface area contributed by atoms with Crippen LogP contribution >= 0.6 is 0 Å². The van der Waals surface area contributed by atoms with Crippen LogP contribution in [0.4, 0.5) is 22.7 Å². The van der Waals surface area contributed by atoms with Gasteiger partial charge in [-0.3, -0.25) is 4.79 Å². The van der Waals surface area contributed by atoms with Crippen molar-refractivity contribution in [2.24, 2.45) is 0 Å². The normalized spacial score (nSPS) is 11.8. The van der Waals surface area contributed by atoms with Crippen molar-refractivity contribution in [3.05, 3.63) is 202 Å². The van der Waals surface area contributed by atoms with Gasteiger partial charge in [-0.15, -0.1) is 0 Å². The van der Waals surface area contributed by atoms with E-state index in [1.807, 2.05) is 100 Å². The van der Waals surface area contributed by atoms with Gasteiger partial charge in [-0.1, -0.05) is 94.9 Å². The summed E-state index contributed by atoms with van der Waals surface area (Å²) < 4.78 is 0. The molecule has 0 saturated heterocycles. The van der Waals surface area contributed by atoms with E-state index in [0.717, 1.165) is 30.1 Å². The molecule has 1 N–H and O–H groups in total. The Hall–Kier alpha value is -6.66. The SMILES string of the molecule is C.CC.CCc1ccc(C[NH+]=C2C=CC(=C(c3ccc(N(C)C)cc3)c3ccc(N(C)C)cc3)c3ccccc32)cc1.CN(C)c1ccc(C(=O)c2ccc(N(C)C)cc2)cc1. The third kappa shape index (κ3) is 12.0. The predicted octanol–water partition coefficient (Wildman–Crippen LogP) is 10.7. The minimum absolute atomic E-state index is 0. The van der Waals surface area contributed by atoms with Crippen LogP contribution in [0.3, 0.4) is 0 Å². The van der Waals surface area contributed by atoms with Gasteiger partial charge in [-0.05, 0) is 125 Å². The van der Waals surface area contributed by atoms with Crippen LogP contribution in [0.5, 0.6) is 0 Å². The summed E-state index contributed by atoms with van der Waals surface area (Å²) in [4.78, 5) is 24.4. The monoisotopic (exact) mass is 827 g/mol. The molecule has 0 aliphatic heterocycles. The van der Waals surface area contributed by atoms with Crippen LogP contribution in [-0.2, 0) is 13.0 Å². The molecule has 0 unspecified atom stereocenters. The predicted molar refractivity (Wildman–Crippen MR) is 271 cm³/mol. The molecule has 6 aromatic carbocycles. The number of aryl methyl sites for hydroxylation is 1. The molecule has 7 rings (SSSR count). The molecule has 0 aromatic heterocycles. The van der Waals surface area contributed by atoms with Crippen LogP contribution in [0.25, 0.3) is 11.1 Å². The second-order valence-electron chi connectivity index (χ2n) is 15.7. The highest BCUT2D eigenvalue weighted by Crippen LogP contribution is 2.37. The quantitative estimate of drug-likeness (QED) is 0.132. The summed E-state index contributed by atoms with van der Waals surface area (Å²) in [6, 6.07) is 50.7. The first-order chi connectivity index (χ1) is 29.4. The summed E-state index contributed by atoms with van der Waals surface area (Å²) in [7, 11) is 16.3. The molecule has 0 saturated carbocycles. The zero-order valence-electron chi connectivity index (χ0n) is 38.1. The molecule has 1 aliphatic rings. The Kier molecular flexibility index (Phi) is 17.7. The Morgan fingerprint density at radius 2 is 0.806 bits per heavy atom. The first-order valence-electron chi connectivity index (χ1n) is 21.3. The summed E-state index contributed by atoms with van der Waals surface area (Å²) in [5.41, 5.74) is 17.2. The summed E-state index contributed by atoms with van der Waals surface area (Å²) in [5, 5.41) is 0. The van der Waals surface area contributed by atoms with Crippen molar-refractivity contribution in [1.29, 1.82) is 0 Å². The molecule has 0 atom stereocenters. The van der Waals surface area contributed by atoms with E-state index in [2.05, 4.69) is 159 Å². The van der Waals surface area contributed by atoms with Gasteiger partial charge in [0, 0.05) is 102 Å². The molecule has 62 heavy (non-hydrogen) atoms. The number of rotatable bonds is 11. The topological polar surface area (TPSA) is 44.0 Å². The molecule has 0 bridgehead atoms. The Bertz CT molecular complexity index is 2310. The third-order valence-electron chi connectivity index (χ3n) is 10.7. The standard InChI is InChI=1S/C36H37N3.C17H20N2O.C2H6.CH4/c1-6-26-11-13-27(14-12-26)25-37-35-24-23-34(32-9-7-8-10-33(32)35)36(28-15-19-30(20-16-28)38(2)3)29-17-21-31(22-18-29)39(4)5;1-18(2)15-9-5-13(6-10-15)17(20)14-7-11-16(12-8-14)19(3)4;1-2;/h7-24H,6,25H2,1-5H3;5-12H,1-4H3;1-2H3;1H4/p+1. The maximum Gasteiger partial charge on any atom is 0.206 e. The summed E-state index contributed by atoms with van der Waals surface area (Å²) in [6.07, 6.45) is 5.58. The van der Waals surface area contributed by atoms with E-state index < -0.39 is 0 Å². The van der Waals surface area contributed by atoms with E-state index >= 15 is 0 Å². The number of benzene rings is 6. The van der Waals surface area contributed by atoms with Crippen LogP contribution in [0.2, 0.25) is 0 Å². The Balaban J connectivity index is 0.000000310.